The van der Waals surface area contributed by atoms with E-state index in [1.165, 1.54) is 0 Å². The largest absolute Gasteiger partial charge is 0.485 e. The molecule has 0 saturated carbocycles. The van der Waals surface area contributed by atoms with Crippen molar-refractivity contribution in [3.63, 3.8) is 0 Å². The first-order chi connectivity index (χ1) is 8.22. The first kappa shape index (κ1) is 11.9. The van der Waals surface area contributed by atoms with E-state index in [-0.39, 0.29) is 13.2 Å². The molecule has 0 spiro atoms. The van der Waals surface area contributed by atoms with Gasteiger partial charge in [-0.15, -0.1) is 0 Å². The van der Waals surface area contributed by atoms with Crippen molar-refractivity contribution in [1.82, 2.24) is 10.3 Å². The summed E-state index contributed by atoms with van der Waals surface area (Å²) in [7, 11) is 0. The van der Waals surface area contributed by atoms with Gasteiger partial charge in [0.25, 0.3) is 0 Å². The Bertz CT molecular complexity index is 513. The predicted octanol–water partition coefficient (Wildman–Crippen LogP) is 2.10. The van der Waals surface area contributed by atoms with Gasteiger partial charge in [-0.3, -0.25) is 0 Å². The molecule has 1 aromatic heterocycles. The fourth-order valence-electron chi connectivity index (χ4n) is 1.36. The third-order valence-electron chi connectivity index (χ3n) is 2.32. The van der Waals surface area contributed by atoms with E-state index in [0.29, 0.717) is 27.7 Å². The van der Waals surface area contributed by atoms with Crippen molar-refractivity contribution in [3.8, 4) is 5.75 Å². The molecule has 0 fully saturated rings. The summed E-state index contributed by atoms with van der Waals surface area (Å²) >= 11 is 5.99. The zero-order valence-corrected chi connectivity index (χ0v) is 9.94. The van der Waals surface area contributed by atoms with Gasteiger partial charge in [0.1, 0.15) is 23.7 Å². The second-order valence-electron chi connectivity index (χ2n) is 3.47. The van der Waals surface area contributed by atoms with Crippen molar-refractivity contribution < 1.29 is 14.5 Å². The molecule has 2 aromatic rings. The summed E-state index contributed by atoms with van der Waals surface area (Å²) in [6.07, 6.45) is 0. The highest BCUT2D eigenvalue weighted by Gasteiger charge is 2.11. The summed E-state index contributed by atoms with van der Waals surface area (Å²) in [4.78, 5) is 0. The molecule has 1 N–H and O–H groups in total. The fourth-order valence-corrected chi connectivity index (χ4v) is 1.61. The number of aliphatic hydroxyl groups excluding tert-OH is 1. The Balaban J connectivity index is 2.16. The molecule has 2 rings (SSSR count). The van der Waals surface area contributed by atoms with Gasteiger partial charge < -0.3 is 9.84 Å². The molecule has 0 aliphatic rings. The second kappa shape index (κ2) is 5.16. The molecule has 0 aliphatic carbocycles. The van der Waals surface area contributed by atoms with Crippen molar-refractivity contribution in [1.29, 1.82) is 0 Å². The minimum absolute atomic E-state index is 0.133. The molecule has 0 aliphatic heterocycles. The van der Waals surface area contributed by atoms with Gasteiger partial charge in [-0.1, -0.05) is 34.0 Å². The number of rotatable bonds is 4. The third kappa shape index (κ3) is 2.57. The van der Waals surface area contributed by atoms with Gasteiger partial charge in [0, 0.05) is 5.56 Å². The van der Waals surface area contributed by atoms with Crippen LogP contribution in [0.1, 0.15) is 17.0 Å². The summed E-state index contributed by atoms with van der Waals surface area (Å²) in [6.45, 7) is 1.84. The lowest BCUT2D eigenvalue weighted by atomic mass is 10.2. The first-order valence-electron chi connectivity index (χ1n) is 5.01. The topological polar surface area (TPSA) is 68.4 Å². The fraction of sp³-hybridized carbons (Fsp3) is 0.273. The van der Waals surface area contributed by atoms with Crippen LogP contribution in [0.4, 0.5) is 0 Å². The number of benzene rings is 1. The molecule has 17 heavy (non-hydrogen) atoms. The molecular weight excluding hydrogens is 244 g/mol. The molecule has 0 atom stereocenters. The summed E-state index contributed by atoms with van der Waals surface area (Å²) in [6, 6.07) is 5.20. The Hall–Kier alpha value is -1.59. The number of aliphatic hydroxyl groups is 1. The van der Waals surface area contributed by atoms with E-state index in [9.17, 15) is 0 Å². The molecule has 1 heterocycles. The molecule has 0 bridgehead atoms. The number of ether oxygens (including phenoxy) is 1. The Kier molecular flexibility index (Phi) is 3.61. The lowest BCUT2D eigenvalue weighted by Gasteiger charge is -2.10. The van der Waals surface area contributed by atoms with Gasteiger partial charge in [0.05, 0.1) is 11.6 Å². The van der Waals surface area contributed by atoms with Gasteiger partial charge in [-0.2, -0.15) is 0 Å². The smallest absolute Gasteiger partial charge is 0.145 e. The van der Waals surface area contributed by atoms with Crippen LogP contribution in [0.3, 0.4) is 0 Å². The van der Waals surface area contributed by atoms with E-state index in [4.69, 9.17) is 21.4 Å². The lowest BCUT2D eigenvalue weighted by molar-refractivity contribution is 0.250. The highest BCUT2D eigenvalue weighted by molar-refractivity contribution is 6.32. The maximum atomic E-state index is 9.17. The molecule has 0 amide bonds. The second-order valence-corrected chi connectivity index (χ2v) is 3.88. The number of para-hydroxylation sites is 1. The quantitative estimate of drug-likeness (QED) is 0.905. The Morgan fingerprint density at radius 3 is 2.88 bits per heavy atom. The maximum absolute atomic E-state index is 9.17. The maximum Gasteiger partial charge on any atom is 0.145 e. The van der Waals surface area contributed by atoms with E-state index in [0.717, 1.165) is 0 Å². The van der Waals surface area contributed by atoms with Crippen LogP contribution in [-0.4, -0.2) is 15.4 Å². The molecule has 1 aromatic carbocycles. The van der Waals surface area contributed by atoms with Crippen molar-refractivity contribution in [3.05, 3.63) is 40.2 Å². The van der Waals surface area contributed by atoms with Crippen molar-refractivity contribution in [2.75, 3.05) is 0 Å². The van der Waals surface area contributed by atoms with E-state index < -0.39 is 0 Å². The average molecular weight is 255 g/mol. The van der Waals surface area contributed by atoms with Crippen LogP contribution < -0.4 is 4.74 Å². The molecule has 0 saturated heterocycles. The summed E-state index contributed by atoms with van der Waals surface area (Å²) in [5.74, 6) is 0.457. The first-order valence-corrected chi connectivity index (χ1v) is 5.39. The van der Waals surface area contributed by atoms with Crippen LogP contribution in [0.25, 0.3) is 0 Å². The Morgan fingerprint density at radius 1 is 1.41 bits per heavy atom. The highest BCUT2D eigenvalue weighted by Crippen LogP contribution is 2.29. The Morgan fingerprint density at radius 2 is 2.24 bits per heavy atom. The van der Waals surface area contributed by atoms with Gasteiger partial charge in [0.15, 0.2) is 0 Å². The van der Waals surface area contributed by atoms with Crippen molar-refractivity contribution in [2.24, 2.45) is 0 Å². The summed E-state index contributed by atoms with van der Waals surface area (Å²) < 4.78 is 10.1. The molecular formula is C11H11ClN2O3. The normalized spacial score (nSPS) is 10.5. The van der Waals surface area contributed by atoms with E-state index in [1.54, 1.807) is 25.1 Å². The number of hydrogen-bond donors (Lipinski definition) is 1. The van der Waals surface area contributed by atoms with E-state index >= 15 is 0 Å². The minimum Gasteiger partial charge on any atom is -0.485 e. The number of aryl methyl sites for hydroxylation is 1. The van der Waals surface area contributed by atoms with Crippen LogP contribution in [0.5, 0.6) is 5.75 Å². The van der Waals surface area contributed by atoms with E-state index in [1.807, 2.05) is 0 Å². The molecule has 90 valence electrons. The number of hydrogen-bond acceptors (Lipinski definition) is 5. The average Bonchev–Trinajstić information content (AvgIpc) is 2.73. The SMILES string of the molecule is Cc1nonc1COc1c(Cl)cccc1CO. The monoisotopic (exact) mass is 254 g/mol. The number of nitrogens with zero attached hydrogens (tertiary/aromatic N) is 2. The van der Waals surface area contributed by atoms with Crippen LogP contribution in [-0.2, 0) is 13.2 Å². The van der Waals surface area contributed by atoms with Crippen LogP contribution in [0.15, 0.2) is 22.8 Å². The number of halogens is 1. The van der Waals surface area contributed by atoms with Crippen molar-refractivity contribution >= 4 is 11.6 Å². The summed E-state index contributed by atoms with van der Waals surface area (Å²) in [5, 5.41) is 17.0. The third-order valence-corrected chi connectivity index (χ3v) is 2.62. The highest BCUT2D eigenvalue weighted by atomic mass is 35.5. The van der Waals surface area contributed by atoms with Gasteiger partial charge in [-0.05, 0) is 13.0 Å². The van der Waals surface area contributed by atoms with E-state index in [2.05, 4.69) is 14.9 Å². The minimum atomic E-state index is -0.133. The Labute approximate surface area is 103 Å². The predicted molar refractivity (Wildman–Crippen MR) is 60.7 cm³/mol. The van der Waals surface area contributed by atoms with Crippen LogP contribution in [0.2, 0.25) is 5.02 Å². The molecule has 6 heteroatoms. The van der Waals surface area contributed by atoms with Gasteiger partial charge >= 0.3 is 0 Å². The van der Waals surface area contributed by atoms with Crippen LogP contribution >= 0.6 is 11.6 Å². The number of aromatic nitrogens is 2. The van der Waals surface area contributed by atoms with Crippen molar-refractivity contribution in [2.45, 2.75) is 20.1 Å². The zero-order chi connectivity index (χ0) is 12.3. The molecule has 5 nitrogen and oxygen atoms in total. The lowest BCUT2D eigenvalue weighted by Crippen LogP contribution is -2.01. The van der Waals surface area contributed by atoms with Gasteiger partial charge in [-0.25, -0.2) is 4.63 Å². The standard InChI is InChI=1S/C11H11ClN2O3/c1-7-10(14-17-13-7)6-16-11-8(5-15)3-2-4-9(11)12/h2-4,15H,5-6H2,1H3. The van der Waals surface area contributed by atoms with Crippen LogP contribution in [0, 0.1) is 6.92 Å². The molecule has 0 unspecified atom stereocenters. The summed E-state index contributed by atoms with van der Waals surface area (Å²) in [5.41, 5.74) is 1.91. The zero-order valence-electron chi connectivity index (χ0n) is 9.18. The molecule has 0 radical (unpaired) electrons. The van der Waals surface area contributed by atoms with Gasteiger partial charge in [0.2, 0.25) is 0 Å².